The minimum absolute atomic E-state index is 0.0920. The molecule has 7 heteroatoms. The largest absolute Gasteiger partial charge is 0.351 e. The average Bonchev–Trinajstić information content (AvgIpc) is 3.14. The molecule has 1 N–H and O–H groups in total. The third kappa shape index (κ3) is 4.30. The number of rotatable bonds is 4. The fraction of sp³-hybridized carbons (Fsp3) is 0.560. The molecule has 1 aromatic carbocycles. The van der Waals surface area contributed by atoms with E-state index < -0.39 is 11.4 Å². The SMILES string of the molecule is CC(C)c1cc2n(n1)CC(C)(C(=O)NC1CCCCCCC1)N(c1cccc(F)c1)C2=O. The Morgan fingerprint density at radius 2 is 1.84 bits per heavy atom. The molecule has 2 aromatic rings. The Hall–Kier alpha value is -2.70. The van der Waals surface area contributed by atoms with Gasteiger partial charge in [-0.1, -0.05) is 52.0 Å². The van der Waals surface area contributed by atoms with E-state index in [2.05, 4.69) is 10.4 Å². The molecular formula is C25H33FN4O2. The summed E-state index contributed by atoms with van der Waals surface area (Å²) in [5.74, 6) is -0.844. The van der Waals surface area contributed by atoms with Crippen LogP contribution in [-0.4, -0.2) is 33.2 Å². The molecule has 6 nitrogen and oxygen atoms in total. The normalized spacial score (nSPS) is 22.4. The number of aromatic nitrogens is 2. The highest BCUT2D eigenvalue weighted by Crippen LogP contribution is 2.34. The molecule has 1 aliphatic heterocycles. The van der Waals surface area contributed by atoms with E-state index in [1.165, 1.54) is 36.3 Å². The maximum Gasteiger partial charge on any atom is 0.277 e. The summed E-state index contributed by atoms with van der Waals surface area (Å²) in [6.45, 7) is 6.01. The Kier molecular flexibility index (Phi) is 6.35. The molecule has 0 bridgehead atoms. The number of nitrogens with one attached hydrogen (secondary N) is 1. The van der Waals surface area contributed by atoms with Crippen LogP contribution in [0.3, 0.4) is 0 Å². The Labute approximate surface area is 189 Å². The van der Waals surface area contributed by atoms with Crippen LogP contribution in [0, 0.1) is 5.82 Å². The maximum atomic E-state index is 14.1. The molecule has 172 valence electrons. The van der Waals surface area contributed by atoms with E-state index in [9.17, 15) is 14.0 Å². The van der Waals surface area contributed by atoms with Crippen molar-refractivity contribution in [3.8, 4) is 0 Å². The Morgan fingerprint density at radius 1 is 1.16 bits per heavy atom. The number of nitrogens with zero attached hydrogens (tertiary/aromatic N) is 3. The first-order valence-corrected chi connectivity index (χ1v) is 11.8. The van der Waals surface area contributed by atoms with E-state index in [0.29, 0.717) is 11.4 Å². The molecule has 1 aromatic heterocycles. The second-order valence-electron chi connectivity index (χ2n) is 9.68. The molecule has 1 unspecified atom stereocenters. The predicted octanol–water partition coefficient (Wildman–Crippen LogP) is 4.79. The number of anilines is 1. The van der Waals surface area contributed by atoms with Crippen LogP contribution < -0.4 is 10.2 Å². The molecule has 0 spiro atoms. The van der Waals surface area contributed by atoms with Gasteiger partial charge in [0, 0.05) is 11.7 Å². The van der Waals surface area contributed by atoms with Gasteiger partial charge in [0.25, 0.3) is 5.91 Å². The number of benzene rings is 1. The van der Waals surface area contributed by atoms with Gasteiger partial charge in [-0.2, -0.15) is 5.10 Å². The lowest BCUT2D eigenvalue weighted by Crippen LogP contribution is -2.65. The van der Waals surface area contributed by atoms with Crippen molar-refractivity contribution in [2.75, 3.05) is 4.90 Å². The lowest BCUT2D eigenvalue weighted by atomic mass is 9.91. The van der Waals surface area contributed by atoms with Crippen molar-refractivity contribution < 1.29 is 14.0 Å². The second kappa shape index (κ2) is 9.04. The van der Waals surface area contributed by atoms with E-state index in [-0.39, 0.29) is 30.3 Å². The van der Waals surface area contributed by atoms with Crippen molar-refractivity contribution in [1.29, 1.82) is 0 Å². The van der Waals surface area contributed by atoms with E-state index in [4.69, 9.17) is 0 Å². The third-order valence-corrected chi connectivity index (χ3v) is 6.76. The van der Waals surface area contributed by atoms with E-state index in [1.807, 2.05) is 13.8 Å². The molecular weight excluding hydrogens is 407 g/mol. The summed E-state index contributed by atoms with van der Waals surface area (Å²) in [5.41, 5.74) is 0.385. The van der Waals surface area contributed by atoms with Gasteiger partial charge in [0.1, 0.15) is 17.1 Å². The van der Waals surface area contributed by atoms with Gasteiger partial charge in [0.2, 0.25) is 5.91 Å². The molecule has 1 aliphatic carbocycles. The highest BCUT2D eigenvalue weighted by molar-refractivity contribution is 6.11. The zero-order valence-electron chi connectivity index (χ0n) is 19.2. The zero-order valence-corrected chi connectivity index (χ0v) is 19.2. The van der Waals surface area contributed by atoms with Crippen LogP contribution in [0.4, 0.5) is 10.1 Å². The van der Waals surface area contributed by atoms with Gasteiger partial charge in [0.15, 0.2) is 0 Å². The Balaban J connectivity index is 1.71. The summed E-state index contributed by atoms with van der Waals surface area (Å²) in [6.07, 6.45) is 7.70. The molecule has 4 rings (SSSR count). The molecule has 0 radical (unpaired) electrons. The van der Waals surface area contributed by atoms with Crippen LogP contribution in [0.15, 0.2) is 30.3 Å². The minimum Gasteiger partial charge on any atom is -0.351 e. The van der Waals surface area contributed by atoms with Crippen LogP contribution in [-0.2, 0) is 11.3 Å². The third-order valence-electron chi connectivity index (χ3n) is 6.76. The van der Waals surface area contributed by atoms with Gasteiger partial charge in [-0.3, -0.25) is 19.2 Å². The molecule has 2 aliphatic rings. The van der Waals surface area contributed by atoms with Crippen molar-refractivity contribution in [1.82, 2.24) is 15.1 Å². The first kappa shape index (κ1) is 22.5. The van der Waals surface area contributed by atoms with Crippen LogP contribution in [0.5, 0.6) is 0 Å². The lowest BCUT2D eigenvalue weighted by Gasteiger charge is -2.43. The molecule has 1 atom stereocenters. The van der Waals surface area contributed by atoms with Crippen LogP contribution in [0.2, 0.25) is 0 Å². The van der Waals surface area contributed by atoms with Crippen molar-refractivity contribution in [3.05, 3.63) is 47.5 Å². The fourth-order valence-corrected chi connectivity index (χ4v) is 4.84. The Bertz CT molecular complexity index is 994. The topological polar surface area (TPSA) is 67.2 Å². The quantitative estimate of drug-likeness (QED) is 0.743. The molecule has 0 saturated heterocycles. The molecule has 1 saturated carbocycles. The summed E-state index contributed by atoms with van der Waals surface area (Å²) in [6, 6.07) is 7.77. The van der Waals surface area contributed by atoms with Gasteiger partial charge in [-0.05, 0) is 49.9 Å². The lowest BCUT2D eigenvalue weighted by molar-refractivity contribution is -0.127. The summed E-state index contributed by atoms with van der Waals surface area (Å²) in [4.78, 5) is 28.8. The summed E-state index contributed by atoms with van der Waals surface area (Å²) in [5, 5.41) is 7.84. The monoisotopic (exact) mass is 440 g/mol. The van der Waals surface area contributed by atoms with Crippen molar-refractivity contribution in [3.63, 3.8) is 0 Å². The summed E-state index contributed by atoms with van der Waals surface area (Å²) >= 11 is 0. The molecule has 2 heterocycles. The zero-order chi connectivity index (χ0) is 22.9. The van der Waals surface area contributed by atoms with E-state index in [1.54, 1.807) is 29.8 Å². The number of amides is 2. The fourth-order valence-electron chi connectivity index (χ4n) is 4.84. The van der Waals surface area contributed by atoms with Crippen molar-refractivity contribution >= 4 is 17.5 Å². The number of halogens is 1. The minimum atomic E-state index is -1.22. The standard InChI is InChI=1S/C25H33FN4O2/c1-17(2)21-15-22-23(31)30(20-13-9-10-18(26)14-20)25(3,16-29(22)28-21)24(32)27-19-11-7-5-4-6-8-12-19/h9-10,13-15,17,19H,4-8,11-12,16H2,1-3H3,(H,27,32). The maximum absolute atomic E-state index is 14.1. The molecule has 1 fully saturated rings. The first-order valence-electron chi connectivity index (χ1n) is 11.8. The summed E-state index contributed by atoms with van der Waals surface area (Å²) < 4.78 is 15.8. The van der Waals surface area contributed by atoms with Gasteiger partial charge >= 0.3 is 0 Å². The van der Waals surface area contributed by atoms with E-state index in [0.717, 1.165) is 31.4 Å². The van der Waals surface area contributed by atoms with Gasteiger partial charge in [0.05, 0.1) is 12.2 Å². The number of carbonyl (C=O) groups excluding carboxylic acids is 2. The summed E-state index contributed by atoms with van der Waals surface area (Å²) in [7, 11) is 0. The van der Waals surface area contributed by atoms with Crippen LogP contribution in [0.1, 0.15) is 87.8 Å². The van der Waals surface area contributed by atoms with Gasteiger partial charge in [-0.15, -0.1) is 0 Å². The number of hydrogen-bond donors (Lipinski definition) is 1. The van der Waals surface area contributed by atoms with Crippen molar-refractivity contribution in [2.24, 2.45) is 0 Å². The van der Waals surface area contributed by atoms with E-state index >= 15 is 0 Å². The average molecular weight is 441 g/mol. The first-order chi connectivity index (χ1) is 15.3. The number of fused-ring (bicyclic) bond motifs is 1. The second-order valence-corrected chi connectivity index (χ2v) is 9.68. The molecule has 2 amide bonds. The van der Waals surface area contributed by atoms with Crippen LogP contribution in [0.25, 0.3) is 0 Å². The highest BCUT2D eigenvalue weighted by atomic mass is 19.1. The van der Waals surface area contributed by atoms with Crippen molar-refractivity contribution in [2.45, 2.75) is 89.8 Å². The predicted molar refractivity (Wildman–Crippen MR) is 122 cm³/mol. The smallest absolute Gasteiger partial charge is 0.277 e. The van der Waals surface area contributed by atoms with Gasteiger partial charge in [-0.25, -0.2) is 4.39 Å². The van der Waals surface area contributed by atoms with Gasteiger partial charge < -0.3 is 5.32 Å². The molecule has 32 heavy (non-hydrogen) atoms. The highest BCUT2D eigenvalue weighted by Gasteiger charge is 2.49. The van der Waals surface area contributed by atoms with Crippen LogP contribution >= 0.6 is 0 Å². The number of carbonyl (C=O) groups is 2. The Morgan fingerprint density at radius 3 is 2.50 bits per heavy atom. The number of hydrogen-bond acceptors (Lipinski definition) is 3.